The van der Waals surface area contributed by atoms with E-state index in [1.807, 2.05) is 65.0 Å². The first-order valence-electron chi connectivity index (χ1n) is 13.7. The molecule has 3 rings (SSSR count). The lowest BCUT2D eigenvalue weighted by atomic mass is 10.1. The molecule has 9 nitrogen and oxygen atoms in total. The van der Waals surface area contributed by atoms with Crippen molar-refractivity contribution >= 4 is 43.5 Å². The molecule has 0 aliphatic heterocycles. The second kappa shape index (κ2) is 13.8. The SMILES string of the molecule is COc1ccc(S(=O)(=O)N(CC(=O)N(Cc2ccc(Br)cc2)[C@H](C)C(=O)NC(C)(C)C)c2cc(C)cc(C)c2)cc1OC. The number of halogens is 1. The molecule has 0 saturated carbocycles. The van der Waals surface area contributed by atoms with Crippen molar-refractivity contribution < 1.29 is 27.5 Å². The number of carbonyl (C=O) groups excluding carboxylic acids is 2. The van der Waals surface area contributed by atoms with Gasteiger partial charge in [0.05, 0.1) is 24.8 Å². The van der Waals surface area contributed by atoms with Gasteiger partial charge >= 0.3 is 0 Å². The van der Waals surface area contributed by atoms with E-state index in [9.17, 15) is 18.0 Å². The van der Waals surface area contributed by atoms with Gasteiger partial charge in [-0.25, -0.2) is 8.42 Å². The molecule has 0 heterocycles. The molecule has 0 fully saturated rings. The van der Waals surface area contributed by atoms with E-state index in [2.05, 4.69) is 21.2 Å². The van der Waals surface area contributed by atoms with Crippen LogP contribution in [0.5, 0.6) is 11.5 Å². The van der Waals surface area contributed by atoms with Gasteiger partial charge in [0.2, 0.25) is 11.8 Å². The number of methoxy groups -OCH3 is 2. The number of amides is 2. The number of anilines is 1. The van der Waals surface area contributed by atoms with Crippen LogP contribution in [-0.2, 0) is 26.2 Å². The summed E-state index contributed by atoms with van der Waals surface area (Å²) in [5.74, 6) is -0.282. The van der Waals surface area contributed by atoms with Crippen LogP contribution in [-0.4, -0.2) is 57.5 Å². The molecule has 11 heteroatoms. The number of sulfonamides is 1. The van der Waals surface area contributed by atoms with Gasteiger partial charge in [0.1, 0.15) is 12.6 Å². The monoisotopic (exact) mass is 673 g/mol. The minimum atomic E-state index is -4.28. The maximum Gasteiger partial charge on any atom is 0.264 e. The Bertz CT molecular complexity index is 1550. The summed E-state index contributed by atoms with van der Waals surface area (Å²) < 4.78 is 41.1. The van der Waals surface area contributed by atoms with Crippen molar-refractivity contribution in [2.24, 2.45) is 0 Å². The Morgan fingerprint density at radius 2 is 1.49 bits per heavy atom. The highest BCUT2D eigenvalue weighted by Gasteiger charge is 2.34. The van der Waals surface area contributed by atoms with E-state index >= 15 is 0 Å². The zero-order chi connectivity index (χ0) is 32.1. The van der Waals surface area contributed by atoms with E-state index in [0.717, 1.165) is 25.5 Å². The maximum atomic E-state index is 14.2. The molecule has 2 amide bonds. The van der Waals surface area contributed by atoms with Crippen LogP contribution in [0.15, 0.2) is 70.0 Å². The summed E-state index contributed by atoms with van der Waals surface area (Å²) in [6.07, 6.45) is 0. The Hall–Kier alpha value is -3.57. The number of ether oxygens (including phenoxy) is 2. The van der Waals surface area contributed by atoms with Crippen LogP contribution in [0.2, 0.25) is 0 Å². The molecular weight excluding hydrogens is 634 g/mol. The summed E-state index contributed by atoms with van der Waals surface area (Å²) in [6, 6.07) is 16.1. The molecule has 0 spiro atoms. The highest BCUT2D eigenvalue weighted by Crippen LogP contribution is 2.33. The van der Waals surface area contributed by atoms with Gasteiger partial charge in [0, 0.05) is 22.6 Å². The lowest BCUT2D eigenvalue weighted by Gasteiger charge is -2.33. The summed E-state index contributed by atoms with van der Waals surface area (Å²) >= 11 is 3.42. The lowest BCUT2D eigenvalue weighted by molar-refractivity contribution is -0.140. The minimum absolute atomic E-state index is 0.0740. The van der Waals surface area contributed by atoms with Crippen molar-refractivity contribution in [3.05, 3.63) is 81.8 Å². The Balaban J connectivity index is 2.11. The molecule has 3 aromatic carbocycles. The molecule has 0 aliphatic carbocycles. The third kappa shape index (κ3) is 8.73. The molecule has 0 saturated heterocycles. The first-order chi connectivity index (χ1) is 20.0. The number of aryl methyl sites for hydroxylation is 2. The maximum absolute atomic E-state index is 14.2. The number of rotatable bonds is 11. The number of nitrogens with zero attached hydrogens (tertiary/aromatic N) is 2. The number of hydrogen-bond donors (Lipinski definition) is 1. The van der Waals surface area contributed by atoms with Crippen LogP contribution in [0.3, 0.4) is 0 Å². The van der Waals surface area contributed by atoms with Crippen molar-refractivity contribution in [2.45, 2.75) is 64.6 Å². The quantitative estimate of drug-likeness (QED) is 0.284. The highest BCUT2D eigenvalue weighted by molar-refractivity contribution is 9.10. The number of benzene rings is 3. The third-order valence-corrected chi connectivity index (χ3v) is 8.95. The highest BCUT2D eigenvalue weighted by atomic mass is 79.9. The predicted molar refractivity (Wildman–Crippen MR) is 172 cm³/mol. The van der Waals surface area contributed by atoms with Crippen molar-refractivity contribution in [2.75, 3.05) is 25.1 Å². The summed E-state index contributed by atoms with van der Waals surface area (Å²) in [5.41, 5.74) is 2.25. The summed E-state index contributed by atoms with van der Waals surface area (Å²) in [6.45, 7) is 10.5. The molecule has 1 N–H and O–H groups in total. The normalized spacial score (nSPS) is 12.3. The zero-order valence-corrected chi connectivity index (χ0v) is 28.3. The van der Waals surface area contributed by atoms with Crippen LogP contribution in [0, 0.1) is 13.8 Å². The Morgan fingerprint density at radius 3 is 2.02 bits per heavy atom. The molecule has 3 aromatic rings. The fraction of sp³-hybridized carbons (Fsp3) is 0.375. The summed E-state index contributed by atoms with van der Waals surface area (Å²) in [7, 11) is -1.40. The largest absolute Gasteiger partial charge is 0.493 e. The smallest absolute Gasteiger partial charge is 0.264 e. The first kappa shape index (κ1) is 33.9. The average molecular weight is 675 g/mol. The Morgan fingerprint density at radius 1 is 0.907 bits per heavy atom. The van der Waals surface area contributed by atoms with Gasteiger partial charge in [-0.05, 0) is 94.6 Å². The van der Waals surface area contributed by atoms with Gasteiger partial charge in [0.25, 0.3) is 10.0 Å². The summed E-state index contributed by atoms with van der Waals surface area (Å²) in [5, 5.41) is 2.93. The van der Waals surface area contributed by atoms with Crippen molar-refractivity contribution in [1.82, 2.24) is 10.2 Å². The summed E-state index contributed by atoms with van der Waals surface area (Å²) in [4.78, 5) is 28.8. The van der Waals surface area contributed by atoms with Crippen LogP contribution in [0.25, 0.3) is 0 Å². The minimum Gasteiger partial charge on any atom is -0.493 e. The van der Waals surface area contributed by atoms with Crippen LogP contribution < -0.4 is 19.1 Å². The molecule has 232 valence electrons. The second-order valence-corrected chi connectivity index (χ2v) is 14.2. The van der Waals surface area contributed by atoms with Gasteiger partial charge < -0.3 is 19.7 Å². The van der Waals surface area contributed by atoms with Gasteiger partial charge in [-0.1, -0.05) is 34.1 Å². The van der Waals surface area contributed by atoms with E-state index in [-0.39, 0.29) is 23.1 Å². The van der Waals surface area contributed by atoms with Crippen LogP contribution in [0.1, 0.15) is 44.4 Å². The molecule has 0 radical (unpaired) electrons. The van der Waals surface area contributed by atoms with Crippen LogP contribution in [0.4, 0.5) is 5.69 Å². The van der Waals surface area contributed by atoms with Crippen molar-refractivity contribution in [3.63, 3.8) is 0 Å². The van der Waals surface area contributed by atoms with E-state index in [4.69, 9.17) is 9.47 Å². The predicted octanol–water partition coefficient (Wildman–Crippen LogP) is 5.61. The van der Waals surface area contributed by atoms with Gasteiger partial charge in [0.15, 0.2) is 11.5 Å². The van der Waals surface area contributed by atoms with Crippen LogP contribution >= 0.6 is 15.9 Å². The first-order valence-corrected chi connectivity index (χ1v) is 16.0. The van der Waals surface area contributed by atoms with E-state index < -0.39 is 34.1 Å². The number of nitrogens with one attached hydrogen (secondary N) is 1. The molecule has 0 unspecified atom stereocenters. The molecule has 43 heavy (non-hydrogen) atoms. The molecular formula is C32H40BrN3O6S. The fourth-order valence-corrected chi connectivity index (χ4v) is 6.25. The molecule has 0 aliphatic rings. The molecule has 0 bridgehead atoms. The topological polar surface area (TPSA) is 105 Å². The standard InChI is InChI=1S/C32H40BrN3O6S/c1-21-15-22(2)17-26(16-21)36(43(39,40)27-13-14-28(41-7)29(18-27)42-8)20-30(37)35(19-24-9-11-25(33)12-10-24)23(3)31(38)34-32(4,5)6/h9-18,23H,19-20H2,1-8H3,(H,34,38)/t23-/m1/s1. The number of carbonyl (C=O) groups is 2. The Kier molecular flexibility index (Phi) is 10.9. The van der Waals surface area contributed by atoms with Crippen molar-refractivity contribution in [3.8, 4) is 11.5 Å². The van der Waals surface area contributed by atoms with Gasteiger partial charge in [-0.3, -0.25) is 13.9 Å². The van der Waals surface area contributed by atoms with Gasteiger partial charge in [-0.2, -0.15) is 0 Å². The van der Waals surface area contributed by atoms with E-state index in [1.165, 1.54) is 37.3 Å². The van der Waals surface area contributed by atoms with E-state index in [1.54, 1.807) is 19.1 Å². The third-order valence-electron chi connectivity index (χ3n) is 6.65. The molecule has 0 aromatic heterocycles. The fourth-order valence-electron chi connectivity index (χ4n) is 4.57. The second-order valence-electron chi connectivity index (χ2n) is 11.4. The lowest BCUT2D eigenvalue weighted by Crippen LogP contribution is -2.54. The average Bonchev–Trinajstić information content (AvgIpc) is 2.93. The Labute approximate surface area is 263 Å². The van der Waals surface area contributed by atoms with Crippen molar-refractivity contribution in [1.29, 1.82) is 0 Å². The zero-order valence-electron chi connectivity index (χ0n) is 25.9. The van der Waals surface area contributed by atoms with E-state index in [0.29, 0.717) is 11.4 Å². The molecule has 1 atom stereocenters. The van der Waals surface area contributed by atoms with Gasteiger partial charge in [-0.15, -0.1) is 0 Å². The number of hydrogen-bond acceptors (Lipinski definition) is 6.